The highest BCUT2D eigenvalue weighted by atomic mass is 32.2. The molecule has 1 atom stereocenters. The fraction of sp³-hybridized carbons (Fsp3) is 0.333. The maximum absolute atomic E-state index is 12.8. The van der Waals surface area contributed by atoms with E-state index in [0.717, 1.165) is 12.1 Å². The molecule has 84 valence electrons. The Balaban J connectivity index is 2.96. The summed E-state index contributed by atoms with van der Waals surface area (Å²) in [4.78, 5) is -0.150. The molecule has 0 radical (unpaired) electrons. The van der Waals surface area contributed by atoms with Crippen LogP contribution < -0.4 is 4.72 Å². The van der Waals surface area contributed by atoms with Gasteiger partial charge in [0, 0.05) is 6.04 Å². The molecular formula is C9H12FNO3S. The molecule has 0 heterocycles. The fourth-order valence-corrected chi connectivity index (χ4v) is 2.27. The second-order valence-electron chi connectivity index (χ2n) is 3.16. The van der Waals surface area contributed by atoms with E-state index in [1.54, 1.807) is 0 Å². The highest BCUT2D eigenvalue weighted by molar-refractivity contribution is 7.89. The lowest BCUT2D eigenvalue weighted by molar-refractivity contribution is 0.265. The van der Waals surface area contributed by atoms with Crippen molar-refractivity contribution in [3.05, 3.63) is 30.1 Å². The van der Waals surface area contributed by atoms with E-state index in [1.165, 1.54) is 19.1 Å². The van der Waals surface area contributed by atoms with Gasteiger partial charge in [-0.25, -0.2) is 17.5 Å². The van der Waals surface area contributed by atoms with Crippen molar-refractivity contribution in [2.45, 2.75) is 17.9 Å². The lowest BCUT2D eigenvalue weighted by atomic mass is 10.4. The van der Waals surface area contributed by atoms with E-state index in [0.29, 0.717) is 0 Å². The Hall–Kier alpha value is -0.980. The highest BCUT2D eigenvalue weighted by Gasteiger charge is 2.16. The number of halogens is 1. The van der Waals surface area contributed by atoms with Crippen LogP contribution >= 0.6 is 0 Å². The number of aliphatic hydroxyl groups excluding tert-OH is 1. The molecule has 1 aromatic rings. The Labute approximate surface area is 87.8 Å². The molecule has 0 aliphatic rings. The average molecular weight is 233 g/mol. The van der Waals surface area contributed by atoms with Crippen LogP contribution in [0.5, 0.6) is 0 Å². The zero-order valence-electron chi connectivity index (χ0n) is 8.14. The third-order valence-electron chi connectivity index (χ3n) is 1.74. The maximum Gasteiger partial charge on any atom is 0.240 e. The first-order valence-corrected chi connectivity index (χ1v) is 5.83. The zero-order valence-corrected chi connectivity index (χ0v) is 8.96. The van der Waals surface area contributed by atoms with Crippen LogP contribution in [0.1, 0.15) is 6.92 Å². The monoisotopic (exact) mass is 233 g/mol. The van der Waals surface area contributed by atoms with E-state index < -0.39 is 21.9 Å². The van der Waals surface area contributed by atoms with Gasteiger partial charge in [0.2, 0.25) is 10.0 Å². The molecule has 0 amide bonds. The van der Waals surface area contributed by atoms with Crippen LogP contribution in [0.25, 0.3) is 0 Å². The molecule has 0 unspecified atom stereocenters. The summed E-state index contributed by atoms with van der Waals surface area (Å²) in [6, 6.07) is 4.09. The molecule has 0 bridgehead atoms. The first-order valence-electron chi connectivity index (χ1n) is 4.34. The van der Waals surface area contributed by atoms with E-state index in [1.807, 2.05) is 0 Å². The van der Waals surface area contributed by atoms with E-state index in [9.17, 15) is 12.8 Å². The molecule has 0 fully saturated rings. The topological polar surface area (TPSA) is 66.4 Å². The van der Waals surface area contributed by atoms with Crippen molar-refractivity contribution in [2.24, 2.45) is 0 Å². The van der Waals surface area contributed by atoms with Crippen LogP contribution in [-0.2, 0) is 10.0 Å². The summed E-state index contributed by atoms with van der Waals surface area (Å²) in [5.74, 6) is -0.616. The highest BCUT2D eigenvalue weighted by Crippen LogP contribution is 2.10. The number of benzene rings is 1. The number of sulfonamides is 1. The van der Waals surface area contributed by atoms with Gasteiger partial charge in [0.1, 0.15) is 5.82 Å². The van der Waals surface area contributed by atoms with Crippen LogP contribution in [-0.4, -0.2) is 26.2 Å². The Kier molecular flexibility index (Phi) is 3.78. The summed E-state index contributed by atoms with van der Waals surface area (Å²) in [5.41, 5.74) is 0. The largest absolute Gasteiger partial charge is 0.395 e. The van der Waals surface area contributed by atoms with Crippen LogP contribution in [0.4, 0.5) is 4.39 Å². The van der Waals surface area contributed by atoms with Gasteiger partial charge in [-0.15, -0.1) is 0 Å². The summed E-state index contributed by atoms with van der Waals surface area (Å²) in [7, 11) is -3.74. The van der Waals surface area contributed by atoms with Crippen molar-refractivity contribution in [2.75, 3.05) is 6.61 Å². The first-order chi connectivity index (χ1) is 6.95. The summed E-state index contributed by atoms with van der Waals surface area (Å²) < 4.78 is 38.1. The minimum atomic E-state index is -3.74. The quantitative estimate of drug-likeness (QED) is 0.795. The minimum Gasteiger partial charge on any atom is -0.395 e. The summed E-state index contributed by atoms with van der Waals surface area (Å²) in [6.45, 7) is 1.20. The Morgan fingerprint density at radius 2 is 2.20 bits per heavy atom. The number of hydrogen-bond donors (Lipinski definition) is 2. The van der Waals surface area contributed by atoms with Crippen LogP contribution in [0, 0.1) is 5.82 Å². The summed E-state index contributed by atoms with van der Waals surface area (Å²) in [5, 5.41) is 8.70. The van der Waals surface area contributed by atoms with Crippen molar-refractivity contribution in [3.8, 4) is 0 Å². The van der Waals surface area contributed by atoms with E-state index >= 15 is 0 Å². The average Bonchev–Trinajstić information content (AvgIpc) is 2.17. The molecule has 0 aliphatic heterocycles. The minimum absolute atomic E-state index is 0.150. The second kappa shape index (κ2) is 4.69. The molecule has 0 saturated heterocycles. The standard InChI is InChI=1S/C9H12FNO3S/c1-7(6-12)11-15(13,14)9-4-2-3-8(10)5-9/h2-5,7,11-12H,6H2,1H3/t7-/m1/s1. The van der Waals surface area contributed by atoms with Gasteiger partial charge in [-0.2, -0.15) is 0 Å². The van der Waals surface area contributed by atoms with Gasteiger partial charge in [0.15, 0.2) is 0 Å². The van der Waals surface area contributed by atoms with Gasteiger partial charge in [-0.05, 0) is 25.1 Å². The third kappa shape index (κ3) is 3.26. The SMILES string of the molecule is C[C@H](CO)NS(=O)(=O)c1cccc(F)c1. The Morgan fingerprint density at radius 3 is 2.73 bits per heavy atom. The molecule has 0 spiro atoms. The smallest absolute Gasteiger partial charge is 0.240 e. The number of hydrogen-bond acceptors (Lipinski definition) is 3. The van der Waals surface area contributed by atoms with Gasteiger partial charge in [-0.1, -0.05) is 6.07 Å². The van der Waals surface area contributed by atoms with Crippen molar-refractivity contribution in [1.82, 2.24) is 4.72 Å². The molecule has 0 saturated carbocycles. The number of nitrogens with one attached hydrogen (secondary N) is 1. The van der Waals surface area contributed by atoms with E-state index in [-0.39, 0.29) is 11.5 Å². The van der Waals surface area contributed by atoms with Crippen LogP contribution in [0.3, 0.4) is 0 Å². The van der Waals surface area contributed by atoms with Gasteiger partial charge in [-0.3, -0.25) is 0 Å². The van der Waals surface area contributed by atoms with Crippen molar-refractivity contribution >= 4 is 10.0 Å². The molecule has 1 aromatic carbocycles. The van der Waals surface area contributed by atoms with E-state index in [2.05, 4.69) is 4.72 Å². The molecule has 0 aromatic heterocycles. The number of rotatable bonds is 4. The predicted octanol–water partition coefficient (Wildman–Crippen LogP) is 0.485. The van der Waals surface area contributed by atoms with Crippen molar-refractivity contribution in [1.29, 1.82) is 0 Å². The maximum atomic E-state index is 12.8. The lowest BCUT2D eigenvalue weighted by Gasteiger charge is -2.11. The molecule has 15 heavy (non-hydrogen) atoms. The van der Waals surface area contributed by atoms with E-state index in [4.69, 9.17) is 5.11 Å². The normalized spacial score (nSPS) is 13.8. The van der Waals surface area contributed by atoms with Crippen molar-refractivity contribution < 1.29 is 17.9 Å². The number of aliphatic hydroxyl groups is 1. The molecule has 2 N–H and O–H groups in total. The first kappa shape index (κ1) is 12.1. The summed E-state index contributed by atoms with van der Waals surface area (Å²) >= 11 is 0. The Morgan fingerprint density at radius 1 is 1.53 bits per heavy atom. The molecule has 4 nitrogen and oxygen atoms in total. The fourth-order valence-electron chi connectivity index (χ4n) is 1.00. The van der Waals surface area contributed by atoms with Crippen LogP contribution in [0.2, 0.25) is 0 Å². The van der Waals surface area contributed by atoms with Gasteiger partial charge >= 0.3 is 0 Å². The van der Waals surface area contributed by atoms with Gasteiger partial charge in [0.25, 0.3) is 0 Å². The predicted molar refractivity (Wildman–Crippen MR) is 53.3 cm³/mol. The molecule has 0 aliphatic carbocycles. The molecule has 1 rings (SSSR count). The zero-order chi connectivity index (χ0) is 11.5. The Bertz CT molecular complexity index is 433. The van der Waals surface area contributed by atoms with Crippen molar-refractivity contribution in [3.63, 3.8) is 0 Å². The molecular weight excluding hydrogens is 221 g/mol. The van der Waals surface area contributed by atoms with Gasteiger partial charge in [0.05, 0.1) is 11.5 Å². The van der Waals surface area contributed by atoms with Gasteiger partial charge < -0.3 is 5.11 Å². The summed E-state index contributed by atoms with van der Waals surface area (Å²) in [6.07, 6.45) is 0. The third-order valence-corrected chi connectivity index (χ3v) is 3.32. The second-order valence-corrected chi connectivity index (χ2v) is 4.88. The molecule has 6 heteroatoms. The van der Waals surface area contributed by atoms with Crippen LogP contribution in [0.15, 0.2) is 29.2 Å². The lowest BCUT2D eigenvalue weighted by Crippen LogP contribution is -2.35.